The Morgan fingerprint density at radius 3 is 1.67 bits per heavy atom. The van der Waals surface area contributed by atoms with Crippen molar-refractivity contribution in [1.82, 2.24) is 0 Å². The zero-order chi connectivity index (χ0) is 3.54. The molecule has 0 aromatic heterocycles. The summed E-state index contributed by atoms with van der Waals surface area (Å²) in [5.41, 5.74) is 0. The van der Waals surface area contributed by atoms with Gasteiger partial charge in [0.1, 0.15) is 0 Å². The van der Waals surface area contributed by atoms with Crippen LogP contribution in [0.4, 0.5) is 0 Å². The molecule has 0 atom stereocenters. The molecule has 29 valence electrons. The first kappa shape index (κ1) is 5.54. The molecule has 0 aliphatic heterocycles. The second-order valence-electron chi connectivity index (χ2n) is 1.09. The van der Waals surface area contributed by atoms with Crippen LogP contribution in [0.25, 0.3) is 0 Å². The predicted molar refractivity (Wildman–Crippen MR) is 28.7 cm³/mol. The van der Waals surface area contributed by atoms with Gasteiger partial charge in [-0.15, -0.1) is 0 Å². The molecule has 0 amide bonds. The highest BCUT2D eigenvalue weighted by molar-refractivity contribution is 5.75. The molecule has 0 bridgehead atoms. The summed E-state index contributed by atoms with van der Waals surface area (Å²) < 4.78 is 0. The fourth-order valence-corrected chi connectivity index (χ4v) is 0.393. The van der Waals surface area contributed by atoms with E-state index in [1.165, 1.54) is 0 Å². The molecule has 1 rings (SSSR count). The summed E-state index contributed by atoms with van der Waals surface area (Å²) in [7, 11) is 0. The molecule has 0 N–H and O–H groups in total. The molecule has 0 aromatic carbocycles. The van der Waals surface area contributed by atoms with Gasteiger partial charge in [-0.2, -0.15) is 0 Å². The molecule has 0 saturated heterocycles. The fraction of sp³-hybridized carbons (Fsp3) is 0.200. The largest absolute Gasteiger partial charge is 0.0808 e. The van der Waals surface area contributed by atoms with Gasteiger partial charge in [0.25, 0.3) is 0 Å². The minimum absolute atomic E-state index is 0. The summed E-state index contributed by atoms with van der Waals surface area (Å²) in [4.78, 5) is 0. The van der Waals surface area contributed by atoms with Crippen molar-refractivity contribution >= 4 is 8.41 Å². The second-order valence-corrected chi connectivity index (χ2v) is 1.09. The van der Waals surface area contributed by atoms with E-state index in [1.807, 2.05) is 0 Å². The van der Waals surface area contributed by atoms with Crippen LogP contribution in [0.3, 0.4) is 0 Å². The predicted octanol–water partition coefficient (Wildman–Crippen LogP) is 1.12. The lowest BCUT2D eigenvalue weighted by Crippen LogP contribution is -1.37. The highest BCUT2D eigenvalue weighted by Gasteiger charge is 1.72. The summed E-state index contributed by atoms with van der Waals surface area (Å²) >= 11 is 0. The van der Waals surface area contributed by atoms with Gasteiger partial charge < -0.3 is 0 Å². The monoisotopic (exact) mass is 77.1 g/mol. The number of allylic oxidation sites excluding steroid dienone is 4. The van der Waals surface area contributed by atoms with Gasteiger partial charge in [0, 0.05) is 8.41 Å². The Kier molecular flexibility index (Phi) is 2.56. The van der Waals surface area contributed by atoms with Crippen molar-refractivity contribution in [3.63, 3.8) is 0 Å². The van der Waals surface area contributed by atoms with E-state index in [2.05, 4.69) is 24.3 Å². The Hall–Kier alpha value is -0.455. The summed E-state index contributed by atoms with van der Waals surface area (Å²) in [5, 5.41) is 0. The Morgan fingerprint density at radius 2 is 1.50 bits per heavy atom. The van der Waals surface area contributed by atoms with E-state index in [9.17, 15) is 0 Å². The van der Waals surface area contributed by atoms with Gasteiger partial charge in [0.2, 0.25) is 0 Å². The molecule has 0 unspecified atom stereocenters. The van der Waals surface area contributed by atoms with Crippen molar-refractivity contribution < 1.29 is 0 Å². The third-order valence-electron chi connectivity index (χ3n) is 0.655. The van der Waals surface area contributed by atoms with Crippen molar-refractivity contribution in [2.75, 3.05) is 0 Å². The van der Waals surface area contributed by atoms with Crippen LogP contribution in [-0.4, -0.2) is 8.41 Å². The van der Waals surface area contributed by atoms with Crippen LogP contribution in [0.2, 0.25) is 0 Å². The van der Waals surface area contributed by atoms with E-state index in [1.54, 1.807) is 0 Å². The van der Waals surface area contributed by atoms with E-state index in [0.717, 1.165) is 6.42 Å². The number of hydrogen-bond donors (Lipinski definition) is 0. The lowest BCUT2D eigenvalue weighted by atomic mass is 10.5. The van der Waals surface area contributed by atoms with Crippen LogP contribution < -0.4 is 0 Å². The minimum atomic E-state index is 0. The van der Waals surface area contributed by atoms with Crippen LogP contribution in [0.15, 0.2) is 24.3 Å². The Bertz CT molecular complexity index is 62.0. The van der Waals surface area contributed by atoms with Crippen LogP contribution in [0.1, 0.15) is 6.42 Å². The van der Waals surface area contributed by atoms with Crippen molar-refractivity contribution in [1.29, 1.82) is 0 Å². The van der Waals surface area contributed by atoms with Gasteiger partial charge >= 0.3 is 0 Å². The number of hydrogen-bond acceptors (Lipinski definition) is 0. The third-order valence-corrected chi connectivity index (χ3v) is 0.655. The molecule has 0 fully saturated rings. The van der Waals surface area contributed by atoms with E-state index >= 15 is 0 Å². The summed E-state index contributed by atoms with van der Waals surface area (Å²) in [6, 6.07) is 0. The highest BCUT2D eigenvalue weighted by Crippen LogP contribution is 1.93. The highest BCUT2D eigenvalue weighted by atomic mass is 13.8. The maximum atomic E-state index is 2.12. The van der Waals surface area contributed by atoms with Crippen LogP contribution in [-0.2, 0) is 0 Å². The summed E-state index contributed by atoms with van der Waals surface area (Å²) in [6.07, 6.45) is 9.50. The zero-order valence-electron chi connectivity index (χ0n) is 3.59. The van der Waals surface area contributed by atoms with Crippen molar-refractivity contribution in [2.45, 2.75) is 6.42 Å². The quantitative estimate of drug-likeness (QED) is 0.380. The van der Waals surface area contributed by atoms with E-state index < -0.39 is 0 Å². The molecule has 0 heterocycles. The van der Waals surface area contributed by atoms with Gasteiger partial charge in [-0.05, 0) is 6.42 Å². The zero-order valence-corrected chi connectivity index (χ0v) is 3.59. The van der Waals surface area contributed by atoms with Crippen LogP contribution >= 0.6 is 0 Å². The average molecular weight is 76.9 g/mol. The first-order valence-corrected chi connectivity index (χ1v) is 1.82. The molecule has 3 radical (unpaired) electrons. The van der Waals surface area contributed by atoms with Crippen LogP contribution in [0, 0.1) is 0 Å². The summed E-state index contributed by atoms with van der Waals surface area (Å²) in [5.74, 6) is 0. The maximum absolute atomic E-state index is 2.12. The molecular weight excluding hydrogens is 70.9 g/mol. The molecule has 0 aromatic rings. The van der Waals surface area contributed by atoms with E-state index in [0.29, 0.717) is 0 Å². The standard InChI is InChI=1S/C5H6.B/c1-2-4-5-3-1;/h1-4H,5H2;. The normalized spacial score (nSPS) is 14.7. The van der Waals surface area contributed by atoms with Crippen molar-refractivity contribution in [3.05, 3.63) is 24.3 Å². The molecule has 1 heteroatoms. The third kappa shape index (κ3) is 1.11. The molecule has 6 heavy (non-hydrogen) atoms. The van der Waals surface area contributed by atoms with Crippen molar-refractivity contribution in [3.8, 4) is 0 Å². The average Bonchev–Trinajstić information content (AvgIpc) is 1.76. The molecule has 1 aliphatic carbocycles. The molecule has 0 spiro atoms. The second kappa shape index (κ2) is 2.76. The smallest absolute Gasteiger partial charge is 0 e. The lowest BCUT2D eigenvalue weighted by Gasteiger charge is -1.57. The molecular formula is C5H6B. The molecule has 1 aliphatic rings. The Morgan fingerprint density at radius 1 is 1.00 bits per heavy atom. The van der Waals surface area contributed by atoms with Crippen molar-refractivity contribution in [2.24, 2.45) is 0 Å². The summed E-state index contributed by atoms with van der Waals surface area (Å²) in [6.45, 7) is 0. The van der Waals surface area contributed by atoms with Gasteiger partial charge in [-0.1, -0.05) is 24.3 Å². The van der Waals surface area contributed by atoms with Gasteiger partial charge in [-0.25, -0.2) is 0 Å². The first-order chi connectivity index (χ1) is 2.50. The first-order valence-electron chi connectivity index (χ1n) is 1.82. The van der Waals surface area contributed by atoms with Gasteiger partial charge in [-0.3, -0.25) is 0 Å². The minimum Gasteiger partial charge on any atom is -0.0808 e. The van der Waals surface area contributed by atoms with E-state index in [-0.39, 0.29) is 8.41 Å². The van der Waals surface area contributed by atoms with Crippen LogP contribution in [0.5, 0.6) is 0 Å². The number of rotatable bonds is 0. The van der Waals surface area contributed by atoms with E-state index in [4.69, 9.17) is 0 Å². The topological polar surface area (TPSA) is 0 Å². The lowest BCUT2D eigenvalue weighted by molar-refractivity contribution is 1.45. The van der Waals surface area contributed by atoms with Gasteiger partial charge in [0.05, 0.1) is 0 Å². The maximum Gasteiger partial charge on any atom is 0 e. The fourth-order valence-electron chi connectivity index (χ4n) is 0.393. The van der Waals surface area contributed by atoms with Gasteiger partial charge in [0.15, 0.2) is 0 Å². The molecule has 0 saturated carbocycles. The SMILES string of the molecule is C1=CCC=C1.[B]. The molecule has 0 nitrogen and oxygen atoms in total. The Balaban J connectivity index is 0.000000250. The Labute approximate surface area is 40.1 Å².